The molecule has 0 saturated carbocycles. The summed E-state index contributed by atoms with van der Waals surface area (Å²) in [5, 5.41) is 1.85. The van der Waals surface area contributed by atoms with Gasteiger partial charge in [0.15, 0.2) is 0 Å². The summed E-state index contributed by atoms with van der Waals surface area (Å²) in [5.74, 6) is -0.397. The number of carbonyl (C=O) groups is 1. The van der Waals surface area contributed by atoms with E-state index in [9.17, 15) is 4.79 Å². The van der Waals surface area contributed by atoms with E-state index in [4.69, 9.17) is 17.3 Å². The zero-order valence-corrected chi connectivity index (χ0v) is 9.38. The summed E-state index contributed by atoms with van der Waals surface area (Å²) in [6.07, 6.45) is 0. The third-order valence-corrected chi connectivity index (χ3v) is 4.05. The molecule has 1 amide bonds. The predicted molar refractivity (Wildman–Crippen MR) is 61.2 cm³/mol. The lowest BCUT2D eigenvalue weighted by atomic mass is 10.2. The van der Waals surface area contributed by atoms with E-state index in [-0.39, 0.29) is 0 Å². The van der Waals surface area contributed by atoms with Crippen molar-refractivity contribution in [2.75, 3.05) is 0 Å². The maximum Gasteiger partial charge on any atom is 0.250 e. The molecule has 2 aromatic rings. The smallest absolute Gasteiger partial charge is 0.250 e. The Balaban J connectivity index is 2.51. The van der Waals surface area contributed by atoms with Crippen molar-refractivity contribution in [3.05, 3.63) is 33.5 Å². The van der Waals surface area contributed by atoms with Crippen LogP contribution in [0.5, 0.6) is 0 Å². The first-order chi connectivity index (χ1) is 6.68. The van der Waals surface area contributed by atoms with Crippen molar-refractivity contribution in [1.29, 1.82) is 0 Å². The molecule has 0 atom stereocenters. The van der Waals surface area contributed by atoms with E-state index >= 15 is 0 Å². The van der Waals surface area contributed by atoms with Gasteiger partial charge in [-0.05, 0) is 23.6 Å². The van der Waals surface area contributed by atoms with Crippen molar-refractivity contribution >= 4 is 40.2 Å². The maximum atomic E-state index is 11.1. The van der Waals surface area contributed by atoms with Crippen molar-refractivity contribution < 1.29 is 4.79 Å². The average molecular weight is 244 g/mol. The van der Waals surface area contributed by atoms with Crippen molar-refractivity contribution in [3.8, 4) is 9.75 Å². The molecular formula is C9H6ClNOS2. The number of rotatable bonds is 2. The van der Waals surface area contributed by atoms with E-state index in [2.05, 4.69) is 0 Å². The molecule has 2 N–H and O–H groups in total. The second-order valence-corrected chi connectivity index (χ2v) is 5.26. The van der Waals surface area contributed by atoms with Crippen LogP contribution in [0, 0.1) is 0 Å². The summed E-state index contributed by atoms with van der Waals surface area (Å²) in [4.78, 5) is 12.9. The lowest BCUT2D eigenvalue weighted by Gasteiger charge is -1.95. The quantitative estimate of drug-likeness (QED) is 0.865. The zero-order valence-electron chi connectivity index (χ0n) is 6.99. The molecule has 2 rings (SSSR count). The molecule has 0 aliphatic heterocycles. The predicted octanol–water partition coefficient (Wildman–Crippen LogP) is 3.23. The van der Waals surface area contributed by atoms with Crippen LogP contribution in [0.2, 0.25) is 4.34 Å². The first-order valence-corrected chi connectivity index (χ1v) is 5.89. The number of carbonyl (C=O) groups excluding carboxylic acids is 1. The highest BCUT2D eigenvalue weighted by molar-refractivity contribution is 7.23. The van der Waals surface area contributed by atoms with Gasteiger partial charge in [-0.1, -0.05) is 11.6 Å². The van der Waals surface area contributed by atoms with Crippen LogP contribution in [0.25, 0.3) is 9.75 Å². The number of halogens is 1. The van der Waals surface area contributed by atoms with Crippen LogP contribution >= 0.6 is 34.3 Å². The van der Waals surface area contributed by atoms with Gasteiger partial charge in [-0.15, -0.1) is 22.7 Å². The van der Waals surface area contributed by atoms with Crippen molar-refractivity contribution in [1.82, 2.24) is 0 Å². The van der Waals surface area contributed by atoms with Crippen LogP contribution in [0.1, 0.15) is 10.4 Å². The Morgan fingerprint density at radius 3 is 2.71 bits per heavy atom. The number of thiophene rings is 2. The third-order valence-electron chi connectivity index (χ3n) is 1.73. The molecule has 2 heterocycles. The minimum absolute atomic E-state index is 0.397. The lowest BCUT2D eigenvalue weighted by Crippen LogP contribution is -2.10. The summed E-state index contributed by atoms with van der Waals surface area (Å²) in [6.45, 7) is 0. The van der Waals surface area contributed by atoms with Gasteiger partial charge < -0.3 is 5.73 Å². The number of primary amides is 1. The summed E-state index contributed by atoms with van der Waals surface area (Å²) < 4.78 is 0.712. The van der Waals surface area contributed by atoms with Crippen molar-refractivity contribution in [3.63, 3.8) is 0 Å². The Kier molecular flexibility index (Phi) is 2.58. The van der Waals surface area contributed by atoms with Crippen LogP contribution in [0.4, 0.5) is 0 Å². The normalized spacial score (nSPS) is 10.4. The molecule has 0 unspecified atom stereocenters. The Labute approximate surface area is 93.9 Å². The standard InChI is InChI=1S/C9H6ClNOS2/c10-7-2-1-6(14-7)8-5(9(11)12)3-4-13-8/h1-4H,(H2,11,12). The van der Waals surface area contributed by atoms with Gasteiger partial charge in [0.05, 0.1) is 14.8 Å². The molecule has 0 radical (unpaired) electrons. The molecule has 72 valence electrons. The second-order valence-electron chi connectivity index (χ2n) is 2.63. The highest BCUT2D eigenvalue weighted by Crippen LogP contribution is 2.36. The van der Waals surface area contributed by atoms with Gasteiger partial charge in [-0.2, -0.15) is 0 Å². The fraction of sp³-hybridized carbons (Fsp3) is 0. The molecule has 0 spiro atoms. The van der Waals surface area contributed by atoms with Gasteiger partial charge in [0.2, 0.25) is 5.91 Å². The number of nitrogens with two attached hydrogens (primary N) is 1. The van der Waals surface area contributed by atoms with Crippen LogP contribution in [-0.4, -0.2) is 5.91 Å². The van der Waals surface area contributed by atoms with Crippen LogP contribution in [0.15, 0.2) is 23.6 Å². The summed E-state index contributed by atoms with van der Waals surface area (Å²) in [5.41, 5.74) is 5.81. The Bertz CT molecular complexity index is 475. The van der Waals surface area contributed by atoms with Crippen LogP contribution in [0.3, 0.4) is 0 Å². The van der Waals surface area contributed by atoms with Crippen molar-refractivity contribution in [2.45, 2.75) is 0 Å². The average Bonchev–Trinajstić information content (AvgIpc) is 2.70. The Hall–Kier alpha value is -0.840. The zero-order chi connectivity index (χ0) is 10.1. The molecule has 0 saturated heterocycles. The Morgan fingerprint density at radius 1 is 1.36 bits per heavy atom. The van der Waals surface area contributed by atoms with E-state index in [0.717, 1.165) is 9.75 Å². The van der Waals surface area contributed by atoms with Crippen LogP contribution < -0.4 is 5.73 Å². The summed E-state index contributed by atoms with van der Waals surface area (Å²) >= 11 is 8.76. The van der Waals surface area contributed by atoms with E-state index in [1.807, 2.05) is 17.5 Å². The molecule has 5 heteroatoms. The van der Waals surface area contributed by atoms with Gasteiger partial charge in [0.25, 0.3) is 0 Å². The van der Waals surface area contributed by atoms with E-state index in [1.54, 1.807) is 6.07 Å². The van der Waals surface area contributed by atoms with Gasteiger partial charge in [-0.25, -0.2) is 0 Å². The highest BCUT2D eigenvalue weighted by atomic mass is 35.5. The van der Waals surface area contributed by atoms with Gasteiger partial charge >= 0.3 is 0 Å². The van der Waals surface area contributed by atoms with E-state index < -0.39 is 5.91 Å². The number of hydrogen-bond acceptors (Lipinski definition) is 3. The molecule has 0 aliphatic rings. The molecule has 0 aliphatic carbocycles. The highest BCUT2D eigenvalue weighted by Gasteiger charge is 2.12. The molecule has 0 fully saturated rings. The maximum absolute atomic E-state index is 11.1. The van der Waals surface area contributed by atoms with Crippen molar-refractivity contribution in [2.24, 2.45) is 5.73 Å². The van der Waals surface area contributed by atoms with Gasteiger partial charge in [-0.3, -0.25) is 4.79 Å². The lowest BCUT2D eigenvalue weighted by molar-refractivity contribution is 0.100. The van der Waals surface area contributed by atoms with Gasteiger partial charge in [0, 0.05) is 4.88 Å². The minimum Gasteiger partial charge on any atom is -0.366 e. The number of amides is 1. The van der Waals surface area contributed by atoms with Gasteiger partial charge in [0.1, 0.15) is 0 Å². The molecular weight excluding hydrogens is 238 g/mol. The fourth-order valence-electron chi connectivity index (χ4n) is 1.13. The summed E-state index contributed by atoms with van der Waals surface area (Å²) in [7, 11) is 0. The summed E-state index contributed by atoms with van der Waals surface area (Å²) in [6, 6.07) is 5.44. The Morgan fingerprint density at radius 2 is 2.14 bits per heavy atom. The largest absolute Gasteiger partial charge is 0.366 e. The number of hydrogen-bond donors (Lipinski definition) is 1. The topological polar surface area (TPSA) is 43.1 Å². The molecule has 2 nitrogen and oxygen atoms in total. The third kappa shape index (κ3) is 1.68. The van der Waals surface area contributed by atoms with E-state index in [0.29, 0.717) is 9.90 Å². The molecule has 2 aromatic heterocycles. The van der Waals surface area contributed by atoms with Crippen LogP contribution in [-0.2, 0) is 0 Å². The SMILES string of the molecule is NC(=O)c1ccsc1-c1ccc(Cl)s1. The first-order valence-electron chi connectivity index (χ1n) is 3.81. The second kappa shape index (κ2) is 3.73. The minimum atomic E-state index is -0.397. The first kappa shape index (κ1) is 9.71. The monoisotopic (exact) mass is 243 g/mol. The molecule has 0 aromatic carbocycles. The van der Waals surface area contributed by atoms with E-state index in [1.165, 1.54) is 22.7 Å². The fourth-order valence-corrected chi connectivity index (χ4v) is 3.22. The molecule has 0 bridgehead atoms. The molecule has 14 heavy (non-hydrogen) atoms.